The van der Waals surface area contributed by atoms with Gasteiger partial charge in [0, 0.05) is 5.54 Å². The first kappa shape index (κ1) is 15.0. The van der Waals surface area contributed by atoms with Gasteiger partial charge in [0.2, 0.25) is 0 Å². The lowest BCUT2D eigenvalue weighted by Gasteiger charge is -2.43. The molecule has 1 aliphatic carbocycles. The van der Waals surface area contributed by atoms with Crippen LogP contribution >= 0.6 is 0 Å². The van der Waals surface area contributed by atoms with Crippen LogP contribution < -0.4 is 5.73 Å². The molecule has 0 heterocycles. The van der Waals surface area contributed by atoms with Crippen molar-refractivity contribution in [2.75, 3.05) is 0 Å². The van der Waals surface area contributed by atoms with Crippen LogP contribution in [0.1, 0.15) is 85.0 Å². The van der Waals surface area contributed by atoms with Crippen LogP contribution in [0.5, 0.6) is 0 Å². The van der Waals surface area contributed by atoms with E-state index in [0.717, 1.165) is 5.92 Å². The summed E-state index contributed by atoms with van der Waals surface area (Å²) >= 11 is 0. The molecule has 0 radical (unpaired) electrons. The Labute approximate surface area is 109 Å². The van der Waals surface area contributed by atoms with Gasteiger partial charge in [0.25, 0.3) is 0 Å². The van der Waals surface area contributed by atoms with E-state index in [-0.39, 0.29) is 5.54 Å². The predicted molar refractivity (Wildman–Crippen MR) is 77.1 cm³/mol. The molecule has 1 nitrogen and oxygen atoms in total. The fourth-order valence-electron chi connectivity index (χ4n) is 3.38. The van der Waals surface area contributed by atoms with E-state index in [4.69, 9.17) is 5.73 Å². The van der Waals surface area contributed by atoms with Crippen molar-refractivity contribution in [3.8, 4) is 0 Å². The molecule has 2 N–H and O–H groups in total. The van der Waals surface area contributed by atoms with Crippen LogP contribution in [0.25, 0.3) is 0 Å². The Morgan fingerprint density at radius 3 is 2.41 bits per heavy atom. The van der Waals surface area contributed by atoms with Crippen molar-refractivity contribution in [1.82, 2.24) is 0 Å². The maximum Gasteiger partial charge on any atom is 0.0182 e. The molecule has 0 aliphatic heterocycles. The average molecular weight is 239 g/mol. The molecule has 1 saturated carbocycles. The summed E-state index contributed by atoms with van der Waals surface area (Å²) in [7, 11) is 0. The van der Waals surface area contributed by atoms with Crippen LogP contribution in [0.2, 0.25) is 0 Å². The molecule has 1 heteroatoms. The Hall–Kier alpha value is -0.0400. The van der Waals surface area contributed by atoms with Crippen LogP contribution in [-0.2, 0) is 0 Å². The first-order valence-electron chi connectivity index (χ1n) is 7.89. The van der Waals surface area contributed by atoms with Crippen molar-refractivity contribution in [3.05, 3.63) is 0 Å². The summed E-state index contributed by atoms with van der Waals surface area (Å²) in [6.07, 6.45) is 13.5. The minimum absolute atomic E-state index is 0.155. The maximum absolute atomic E-state index is 6.63. The second-order valence-corrected chi connectivity index (χ2v) is 6.41. The van der Waals surface area contributed by atoms with Crippen molar-refractivity contribution in [2.24, 2.45) is 17.6 Å². The molecule has 0 bridgehead atoms. The molecule has 102 valence electrons. The molecule has 3 atom stereocenters. The van der Waals surface area contributed by atoms with Gasteiger partial charge >= 0.3 is 0 Å². The zero-order chi connectivity index (χ0) is 12.7. The van der Waals surface area contributed by atoms with Crippen molar-refractivity contribution in [3.63, 3.8) is 0 Å². The summed E-state index contributed by atoms with van der Waals surface area (Å²) < 4.78 is 0. The number of rotatable bonds is 7. The van der Waals surface area contributed by atoms with Crippen LogP contribution in [0.4, 0.5) is 0 Å². The van der Waals surface area contributed by atoms with Gasteiger partial charge < -0.3 is 5.73 Å². The largest absolute Gasteiger partial charge is 0.325 e. The standard InChI is InChI=1S/C16H33N/c1-4-5-6-7-8-9-12-16(17)13-10-11-14(2)15(16)3/h14-15H,4-13,17H2,1-3H3. The Bertz CT molecular complexity index is 202. The molecular weight excluding hydrogens is 206 g/mol. The van der Waals surface area contributed by atoms with Gasteiger partial charge in [0.1, 0.15) is 0 Å². The van der Waals surface area contributed by atoms with E-state index >= 15 is 0 Å². The minimum atomic E-state index is 0.155. The summed E-state index contributed by atoms with van der Waals surface area (Å²) in [5, 5.41) is 0. The molecule has 17 heavy (non-hydrogen) atoms. The first-order chi connectivity index (χ1) is 8.10. The lowest BCUT2D eigenvalue weighted by molar-refractivity contribution is 0.131. The van der Waals surface area contributed by atoms with Gasteiger partial charge in [-0.05, 0) is 24.7 Å². The normalized spacial score (nSPS) is 33.9. The van der Waals surface area contributed by atoms with Crippen molar-refractivity contribution in [2.45, 2.75) is 90.5 Å². The second-order valence-electron chi connectivity index (χ2n) is 6.41. The highest BCUT2D eigenvalue weighted by Crippen LogP contribution is 2.38. The minimum Gasteiger partial charge on any atom is -0.325 e. The number of unbranched alkanes of at least 4 members (excludes halogenated alkanes) is 5. The van der Waals surface area contributed by atoms with Crippen LogP contribution in [0.3, 0.4) is 0 Å². The average Bonchev–Trinajstić information content (AvgIpc) is 2.31. The highest BCUT2D eigenvalue weighted by Gasteiger charge is 2.37. The molecule has 0 saturated heterocycles. The zero-order valence-electron chi connectivity index (χ0n) is 12.3. The fourth-order valence-corrected chi connectivity index (χ4v) is 3.38. The lowest BCUT2D eigenvalue weighted by atomic mass is 9.67. The van der Waals surface area contributed by atoms with Crippen molar-refractivity contribution in [1.29, 1.82) is 0 Å². The summed E-state index contributed by atoms with van der Waals surface area (Å²) in [6, 6.07) is 0. The smallest absolute Gasteiger partial charge is 0.0182 e. The Kier molecular flexibility index (Phi) is 6.54. The summed E-state index contributed by atoms with van der Waals surface area (Å²) in [4.78, 5) is 0. The quantitative estimate of drug-likeness (QED) is 0.629. The third-order valence-electron chi connectivity index (χ3n) is 5.06. The van der Waals surface area contributed by atoms with Gasteiger partial charge in [0.05, 0.1) is 0 Å². The van der Waals surface area contributed by atoms with Gasteiger partial charge in [-0.3, -0.25) is 0 Å². The fraction of sp³-hybridized carbons (Fsp3) is 1.00. The first-order valence-corrected chi connectivity index (χ1v) is 7.89. The Balaban J connectivity index is 2.20. The number of hydrogen-bond donors (Lipinski definition) is 1. The van der Waals surface area contributed by atoms with Gasteiger partial charge in [0.15, 0.2) is 0 Å². The highest BCUT2D eigenvalue weighted by molar-refractivity contribution is 4.94. The highest BCUT2D eigenvalue weighted by atomic mass is 14.8. The van der Waals surface area contributed by atoms with Gasteiger partial charge in [-0.2, -0.15) is 0 Å². The van der Waals surface area contributed by atoms with E-state index in [9.17, 15) is 0 Å². The molecule has 0 aromatic heterocycles. The molecule has 0 aromatic carbocycles. The molecule has 0 aromatic rings. The molecule has 1 rings (SSSR count). The van der Waals surface area contributed by atoms with E-state index in [1.807, 2.05) is 0 Å². The monoisotopic (exact) mass is 239 g/mol. The SMILES string of the molecule is CCCCCCCCC1(N)CCCC(C)C1C. The molecule has 0 spiro atoms. The summed E-state index contributed by atoms with van der Waals surface area (Å²) in [6.45, 7) is 7.04. The molecule has 0 amide bonds. The third-order valence-corrected chi connectivity index (χ3v) is 5.06. The summed E-state index contributed by atoms with van der Waals surface area (Å²) in [5.74, 6) is 1.54. The summed E-state index contributed by atoms with van der Waals surface area (Å²) in [5.41, 5.74) is 6.79. The van der Waals surface area contributed by atoms with E-state index < -0.39 is 0 Å². The lowest BCUT2D eigenvalue weighted by Crippen LogP contribution is -2.50. The van der Waals surface area contributed by atoms with Crippen molar-refractivity contribution < 1.29 is 0 Å². The molecule has 3 unspecified atom stereocenters. The maximum atomic E-state index is 6.63. The topological polar surface area (TPSA) is 26.0 Å². The third kappa shape index (κ3) is 4.62. The number of nitrogens with two attached hydrogens (primary N) is 1. The van der Waals surface area contributed by atoms with E-state index in [2.05, 4.69) is 20.8 Å². The van der Waals surface area contributed by atoms with E-state index in [1.54, 1.807) is 0 Å². The van der Waals surface area contributed by atoms with Crippen LogP contribution in [-0.4, -0.2) is 5.54 Å². The zero-order valence-corrected chi connectivity index (χ0v) is 12.3. The van der Waals surface area contributed by atoms with Gasteiger partial charge in [-0.1, -0.05) is 72.1 Å². The van der Waals surface area contributed by atoms with E-state index in [1.165, 1.54) is 64.2 Å². The molecule has 1 aliphatic rings. The van der Waals surface area contributed by atoms with Crippen LogP contribution in [0.15, 0.2) is 0 Å². The van der Waals surface area contributed by atoms with Crippen molar-refractivity contribution >= 4 is 0 Å². The number of hydrogen-bond acceptors (Lipinski definition) is 1. The van der Waals surface area contributed by atoms with E-state index in [0.29, 0.717) is 5.92 Å². The Morgan fingerprint density at radius 2 is 1.71 bits per heavy atom. The Morgan fingerprint density at radius 1 is 1.06 bits per heavy atom. The molecule has 1 fully saturated rings. The van der Waals surface area contributed by atoms with Crippen LogP contribution in [0, 0.1) is 11.8 Å². The molecular formula is C16H33N. The van der Waals surface area contributed by atoms with Gasteiger partial charge in [-0.15, -0.1) is 0 Å². The second kappa shape index (κ2) is 7.41. The van der Waals surface area contributed by atoms with Gasteiger partial charge in [-0.25, -0.2) is 0 Å². The predicted octanol–water partition coefficient (Wildman–Crippen LogP) is 4.89.